The smallest absolute Gasteiger partial charge is 0.407 e. The van der Waals surface area contributed by atoms with Crippen LogP contribution >= 0.6 is 11.8 Å². The Morgan fingerprint density at radius 1 is 1.30 bits per heavy atom. The maximum absolute atomic E-state index is 11.5. The van der Waals surface area contributed by atoms with Crippen LogP contribution in [0.25, 0.3) is 0 Å². The molecule has 0 aliphatic carbocycles. The lowest BCUT2D eigenvalue weighted by Crippen LogP contribution is -2.43. The fourth-order valence-electron chi connectivity index (χ4n) is 1.68. The van der Waals surface area contributed by atoms with E-state index in [1.54, 1.807) is 7.11 Å². The number of rotatable bonds is 10. The van der Waals surface area contributed by atoms with Crippen molar-refractivity contribution >= 4 is 23.8 Å². The summed E-state index contributed by atoms with van der Waals surface area (Å²) in [6.07, 6.45) is 0.987. The van der Waals surface area contributed by atoms with Crippen molar-refractivity contribution in [2.45, 2.75) is 31.6 Å². The number of carboxylic acid groups (broad SMARTS) is 1. The number of thioether (sulfide) groups is 1. The van der Waals surface area contributed by atoms with Crippen LogP contribution < -0.4 is 10.1 Å². The number of carboxylic acids is 1. The molecule has 1 rings (SSSR count). The number of aliphatic carboxylic acids is 1. The molecule has 0 saturated carbocycles. The van der Waals surface area contributed by atoms with E-state index >= 15 is 0 Å². The van der Waals surface area contributed by atoms with Gasteiger partial charge < -0.3 is 19.9 Å². The minimum absolute atomic E-state index is 0.268. The second kappa shape index (κ2) is 10.8. The first-order valence-corrected chi connectivity index (χ1v) is 8.59. The largest absolute Gasteiger partial charge is 0.497 e. The number of methoxy groups -OCH3 is 1. The monoisotopic (exact) mass is 341 g/mol. The van der Waals surface area contributed by atoms with Crippen molar-refractivity contribution in [3.63, 3.8) is 0 Å². The van der Waals surface area contributed by atoms with Gasteiger partial charge in [-0.1, -0.05) is 25.5 Å². The molecule has 23 heavy (non-hydrogen) atoms. The number of hydrogen-bond donors (Lipinski definition) is 2. The summed E-state index contributed by atoms with van der Waals surface area (Å²) in [7, 11) is 1.60. The number of carbonyl (C=O) groups is 2. The van der Waals surface area contributed by atoms with Gasteiger partial charge >= 0.3 is 12.1 Å². The van der Waals surface area contributed by atoms with Gasteiger partial charge in [-0.15, -0.1) is 0 Å². The van der Waals surface area contributed by atoms with Crippen LogP contribution in [-0.2, 0) is 15.3 Å². The van der Waals surface area contributed by atoms with Gasteiger partial charge in [0.1, 0.15) is 11.8 Å². The summed E-state index contributed by atoms with van der Waals surface area (Å²) in [4.78, 5) is 22.7. The molecule has 128 valence electrons. The summed E-state index contributed by atoms with van der Waals surface area (Å²) in [5, 5.41) is 11.5. The molecule has 0 saturated heterocycles. The van der Waals surface area contributed by atoms with Crippen molar-refractivity contribution in [3.05, 3.63) is 29.8 Å². The highest BCUT2D eigenvalue weighted by Gasteiger charge is 2.20. The summed E-state index contributed by atoms with van der Waals surface area (Å²) < 4.78 is 10.00. The Labute approximate surface area is 140 Å². The molecule has 1 amide bonds. The first kappa shape index (κ1) is 19.2. The lowest BCUT2D eigenvalue weighted by molar-refractivity contribution is -0.138. The predicted octanol–water partition coefficient (Wildman–Crippen LogP) is 2.91. The van der Waals surface area contributed by atoms with Crippen molar-refractivity contribution in [2.24, 2.45) is 0 Å². The summed E-state index contributed by atoms with van der Waals surface area (Å²) in [5.74, 6) is 0.628. The SMILES string of the molecule is CCCCOC(=O)NC(CSCc1ccc(OC)cc1)C(=O)O. The van der Waals surface area contributed by atoms with Crippen molar-refractivity contribution in [3.8, 4) is 5.75 Å². The maximum atomic E-state index is 11.5. The van der Waals surface area contributed by atoms with Crippen LogP contribution in [0.3, 0.4) is 0 Å². The molecule has 6 nitrogen and oxygen atoms in total. The fourth-order valence-corrected chi connectivity index (χ4v) is 2.69. The number of alkyl carbamates (subject to hydrolysis) is 1. The molecule has 0 spiro atoms. The molecule has 0 aromatic heterocycles. The van der Waals surface area contributed by atoms with Gasteiger partial charge in [-0.05, 0) is 24.1 Å². The van der Waals surface area contributed by atoms with E-state index in [4.69, 9.17) is 14.6 Å². The number of ether oxygens (including phenoxy) is 2. The summed E-state index contributed by atoms with van der Waals surface area (Å²) in [5.41, 5.74) is 1.06. The molecule has 1 atom stereocenters. The van der Waals surface area contributed by atoms with Crippen LogP contribution in [0.5, 0.6) is 5.75 Å². The highest BCUT2D eigenvalue weighted by atomic mass is 32.2. The van der Waals surface area contributed by atoms with Gasteiger partial charge in [0.15, 0.2) is 0 Å². The molecule has 1 aromatic carbocycles. The summed E-state index contributed by atoms with van der Waals surface area (Å²) in [6, 6.07) is 6.59. The third-order valence-electron chi connectivity index (χ3n) is 3.03. The van der Waals surface area contributed by atoms with Crippen LogP contribution in [0, 0.1) is 0 Å². The van der Waals surface area contributed by atoms with Crippen LogP contribution in [0.4, 0.5) is 4.79 Å². The van der Waals surface area contributed by atoms with Gasteiger partial charge in [0, 0.05) is 11.5 Å². The number of amides is 1. The normalized spacial score (nSPS) is 11.6. The third kappa shape index (κ3) is 7.78. The molecule has 2 N–H and O–H groups in total. The topological polar surface area (TPSA) is 84.9 Å². The molecular weight excluding hydrogens is 318 g/mol. The Balaban J connectivity index is 2.37. The van der Waals surface area contributed by atoms with Crippen molar-refractivity contribution in [1.29, 1.82) is 0 Å². The second-order valence-corrected chi connectivity index (χ2v) is 5.92. The number of hydrogen-bond acceptors (Lipinski definition) is 5. The van der Waals surface area contributed by atoms with Gasteiger partial charge in [0.25, 0.3) is 0 Å². The van der Waals surface area contributed by atoms with Crippen LogP contribution in [0.2, 0.25) is 0 Å². The molecule has 1 aromatic rings. The minimum atomic E-state index is -1.07. The lowest BCUT2D eigenvalue weighted by atomic mass is 10.2. The number of nitrogens with one attached hydrogen (secondary N) is 1. The van der Waals surface area contributed by atoms with E-state index in [1.165, 1.54) is 11.8 Å². The number of benzene rings is 1. The molecule has 0 heterocycles. The Hall–Kier alpha value is -1.89. The van der Waals surface area contributed by atoms with Crippen LogP contribution in [0.1, 0.15) is 25.3 Å². The van der Waals surface area contributed by atoms with E-state index in [1.807, 2.05) is 31.2 Å². The van der Waals surface area contributed by atoms with E-state index in [0.29, 0.717) is 12.4 Å². The first-order chi connectivity index (χ1) is 11.1. The minimum Gasteiger partial charge on any atom is -0.497 e. The fraction of sp³-hybridized carbons (Fsp3) is 0.500. The second-order valence-electron chi connectivity index (χ2n) is 4.89. The van der Waals surface area contributed by atoms with Crippen molar-refractivity contribution in [2.75, 3.05) is 19.5 Å². The van der Waals surface area contributed by atoms with E-state index in [0.717, 1.165) is 24.2 Å². The van der Waals surface area contributed by atoms with E-state index < -0.39 is 18.1 Å². The van der Waals surface area contributed by atoms with Gasteiger partial charge in [-0.3, -0.25) is 0 Å². The highest BCUT2D eigenvalue weighted by Crippen LogP contribution is 2.17. The Morgan fingerprint density at radius 3 is 2.57 bits per heavy atom. The van der Waals surface area contributed by atoms with Crippen molar-refractivity contribution in [1.82, 2.24) is 5.32 Å². The maximum Gasteiger partial charge on any atom is 0.407 e. The number of carbonyl (C=O) groups excluding carboxylic acids is 1. The lowest BCUT2D eigenvalue weighted by Gasteiger charge is -2.14. The Morgan fingerprint density at radius 2 is 2.00 bits per heavy atom. The summed E-state index contributed by atoms with van der Waals surface area (Å²) >= 11 is 1.43. The number of unbranched alkanes of at least 4 members (excludes halogenated alkanes) is 1. The average Bonchev–Trinajstić information content (AvgIpc) is 2.54. The molecule has 0 bridgehead atoms. The quantitative estimate of drug-likeness (QED) is 0.637. The standard InChI is InChI=1S/C16H23NO5S/c1-3-4-9-22-16(20)17-14(15(18)19)11-23-10-12-5-7-13(21-2)8-6-12/h5-8,14H,3-4,9-11H2,1-2H3,(H,17,20)(H,18,19). The first-order valence-electron chi connectivity index (χ1n) is 7.43. The van der Waals surface area contributed by atoms with Crippen LogP contribution in [-0.4, -0.2) is 42.7 Å². The zero-order valence-electron chi connectivity index (χ0n) is 13.4. The zero-order chi connectivity index (χ0) is 17.1. The van der Waals surface area contributed by atoms with Gasteiger partial charge in [0.2, 0.25) is 0 Å². The van der Waals surface area contributed by atoms with Gasteiger partial charge in [0.05, 0.1) is 13.7 Å². The average molecular weight is 341 g/mol. The molecule has 0 aliphatic heterocycles. The molecule has 0 fully saturated rings. The van der Waals surface area contributed by atoms with Gasteiger partial charge in [-0.25, -0.2) is 9.59 Å². The zero-order valence-corrected chi connectivity index (χ0v) is 14.2. The Kier molecular flexibility index (Phi) is 8.97. The molecule has 7 heteroatoms. The van der Waals surface area contributed by atoms with Gasteiger partial charge in [-0.2, -0.15) is 11.8 Å². The third-order valence-corrected chi connectivity index (χ3v) is 4.14. The Bertz CT molecular complexity index is 492. The van der Waals surface area contributed by atoms with E-state index in [9.17, 15) is 9.59 Å². The van der Waals surface area contributed by atoms with E-state index in [-0.39, 0.29) is 5.75 Å². The van der Waals surface area contributed by atoms with Crippen molar-refractivity contribution < 1.29 is 24.2 Å². The molecule has 1 unspecified atom stereocenters. The predicted molar refractivity (Wildman–Crippen MR) is 90.0 cm³/mol. The van der Waals surface area contributed by atoms with E-state index in [2.05, 4.69) is 5.32 Å². The molecule has 0 aliphatic rings. The summed E-state index contributed by atoms with van der Waals surface area (Å²) in [6.45, 7) is 2.28. The molecular formula is C16H23NO5S. The highest BCUT2D eigenvalue weighted by molar-refractivity contribution is 7.98. The van der Waals surface area contributed by atoms with Crippen LogP contribution in [0.15, 0.2) is 24.3 Å². The molecule has 0 radical (unpaired) electrons.